The molecule has 0 aliphatic carbocycles. The summed E-state index contributed by atoms with van der Waals surface area (Å²) in [4.78, 5) is 27.3. The van der Waals surface area contributed by atoms with E-state index >= 15 is 0 Å². The summed E-state index contributed by atoms with van der Waals surface area (Å²) in [6.07, 6.45) is 8.05. The second-order valence-electron chi connectivity index (χ2n) is 8.10. The van der Waals surface area contributed by atoms with Gasteiger partial charge in [0.25, 0.3) is 0 Å². The third kappa shape index (κ3) is 4.19. The number of hydrogen-bond acceptors (Lipinski definition) is 7. The number of nitrogens with two attached hydrogens (primary N) is 1. The molecule has 1 aromatic carbocycles. The van der Waals surface area contributed by atoms with Gasteiger partial charge in [0.15, 0.2) is 5.65 Å². The highest BCUT2D eigenvalue weighted by molar-refractivity contribution is 5.97. The number of nitrogen functional groups attached to an aromatic ring is 1. The van der Waals surface area contributed by atoms with Crippen LogP contribution < -0.4 is 10.5 Å². The van der Waals surface area contributed by atoms with E-state index in [2.05, 4.69) is 15.0 Å². The van der Waals surface area contributed by atoms with E-state index in [1.54, 1.807) is 18.3 Å². The van der Waals surface area contributed by atoms with Gasteiger partial charge in [-0.25, -0.2) is 14.6 Å². The Hall–Kier alpha value is -4.27. The van der Waals surface area contributed by atoms with Crippen LogP contribution in [0.5, 0.6) is 11.5 Å². The largest absolute Gasteiger partial charge is 0.456 e. The Labute approximate surface area is 196 Å². The number of rotatable bonds is 5. The number of hydrogen-bond donors (Lipinski definition) is 1. The number of nitrogens with zero attached hydrogens (tertiary/aromatic N) is 6. The van der Waals surface area contributed by atoms with Crippen LogP contribution in [0.3, 0.4) is 0 Å². The van der Waals surface area contributed by atoms with E-state index in [-0.39, 0.29) is 11.9 Å². The molecule has 1 saturated heterocycles. The van der Waals surface area contributed by atoms with Gasteiger partial charge in [-0.05, 0) is 50.1 Å². The van der Waals surface area contributed by atoms with Crippen molar-refractivity contribution in [3.8, 4) is 22.9 Å². The molecule has 9 nitrogen and oxygen atoms in total. The van der Waals surface area contributed by atoms with Crippen molar-refractivity contribution in [2.75, 3.05) is 18.8 Å². The lowest BCUT2D eigenvalue weighted by Crippen LogP contribution is -2.38. The molecule has 0 radical (unpaired) electrons. The van der Waals surface area contributed by atoms with Crippen molar-refractivity contribution in [1.82, 2.24) is 29.6 Å². The number of para-hydroxylation sites is 1. The van der Waals surface area contributed by atoms with Crippen molar-refractivity contribution in [1.29, 1.82) is 0 Å². The third-order valence-corrected chi connectivity index (χ3v) is 5.91. The fourth-order valence-corrected chi connectivity index (χ4v) is 4.21. The average molecular weight is 456 g/mol. The maximum absolute atomic E-state index is 12.2. The molecule has 0 atom stereocenters. The summed E-state index contributed by atoms with van der Waals surface area (Å²) < 4.78 is 7.77. The van der Waals surface area contributed by atoms with Crippen LogP contribution in [0.25, 0.3) is 22.4 Å². The first-order valence-electron chi connectivity index (χ1n) is 11.2. The van der Waals surface area contributed by atoms with Crippen LogP contribution in [-0.4, -0.2) is 48.6 Å². The van der Waals surface area contributed by atoms with Crippen LogP contribution in [0, 0.1) is 0 Å². The van der Waals surface area contributed by atoms with Gasteiger partial charge in [-0.1, -0.05) is 24.3 Å². The number of benzene rings is 1. The standard InChI is InChI=1S/C25H25N7O2/c1-2-6-21(33)31-13-11-17(12-14-31)32-25-22(24(26)28-16-29-25)23(30-32)20-10-9-19(15-27-20)34-18-7-4-3-5-8-18/h2-10,15-17H,11-14H2,1H3,(H2,26,28,29)/b6-2+. The molecule has 34 heavy (non-hydrogen) atoms. The van der Waals surface area contributed by atoms with Gasteiger partial charge in [-0.15, -0.1) is 0 Å². The van der Waals surface area contributed by atoms with Crippen LogP contribution >= 0.6 is 0 Å². The van der Waals surface area contributed by atoms with E-state index in [1.807, 2.05) is 59.0 Å². The Morgan fingerprint density at radius 2 is 1.85 bits per heavy atom. The van der Waals surface area contributed by atoms with E-state index in [0.717, 1.165) is 18.6 Å². The molecule has 9 heteroatoms. The highest BCUT2D eigenvalue weighted by Crippen LogP contribution is 2.34. The molecule has 0 saturated carbocycles. The summed E-state index contributed by atoms with van der Waals surface area (Å²) in [5.74, 6) is 1.77. The Balaban J connectivity index is 1.43. The SMILES string of the molecule is C/C=C/C(=O)N1CCC(n2nc(-c3ccc(Oc4ccccc4)cn3)c3c(N)ncnc32)CC1. The number of carbonyl (C=O) groups excluding carboxylic acids is 1. The molecule has 0 spiro atoms. The number of ether oxygens (including phenoxy) is 1. The number of likely N-dealkylation sites (tertiary alicyclic amines) is 1. The van der Waals surface area contributed by atoms with Crippen LogP contribution in [0.15, 0.2) is 67.1 Å². The maximum Gasteiger partial charge on any atom is 0.246 e. The first-order valence-corrected chi connectivity index (χ1v) is 11.2. The highest BCUT2D eigenvalue weighted by atomic mass is 16.5. The van der Waals surface area contributed by atoms with Gasteiger partial charge < -0.3 is 15.4 Å². The summed E-state index contributed by atoms with van der Waals surface area (Å²) in [6.45, 7) is 3.17. The number of allylic oxidation sites excluding steroid dienone is 1. The van der Waals surface area contributed by atoms with E-state index < -0.39 is 0 Å². The van der Waals surface area contributed by atoms with Gasteiger partial charge >= 0.3 is 0 Å². The Bertz CT molecular complexity index is 1320. The molecule has 2 N–H and O–H groups in total. The van der Waals surface area contributed by atoms with Crippen LogP contribution in [0.4, 0.5) is 5.82 Å². The van der Waals surface area contributed by atoms with Gasteiger partial charge in [0.05, 0.1) is 23.3 Å². The molecule has 5 rings (SSSR count). The van der Waals surface area contributed by atoms with E-state index in [4.69, 9.17) is 15.6 Å². The Morgan fingerprint density at radius 1 is 1.06 bits per heavy atom. The van der Waals surface area contributed by atoms with Crippen LogP contribution in [0.2, 0.25) is 0 Å². The minimum absolute atomic E-state index is 0.0422. The van der Waals surface area contributed by atoms with Crippen molar-refractivity contribution < 1.29 is 9.53 Å². The maximum atomic E-state index is 12.2. The summed E-state index contributed by atoms with van der Waals surface area (Å²) in [7, 11) is 0. The van der Waals surface area contributed by atoms with Crippen molar-refractivity contribution in [3.63, 3.8) is 0 Å². The quantitative estimate of drug-likeness (QED) is 0.453. The molecule has 3 aromatic heterocycles. The zero-order valence-electron chi connectivity index (χ0n) is 18.8. The monoisotopic (exact) mass is 455 g/mol. The molecule has 4 aromatic rings. The number of amides is 1. The van der Waals surface area contributed by atoms with Crippen molar-refractivity contribution >= 4 is 22.8 Å². The minimum atomic E-state index is 0.0422. The number of aromatic nitrogens is 5. The Morgan fingerprint density at radius 3 is 2.56 bits per heavy atom. The summed E-state index contributed by atoms with van der Waals surface area (Å²) in [5, 5.41) is 5.56. The van der Waals surface area contributed by atoms with Crippen LogP contribution in [0.1, 0.15) is 25.8 Å². The number of fused-ring (bicyclic) bond motifs is 1. The molecule has 4 heterocycles. The van der Waals surface area contributed by atoms with E-state index in [0.29, 0.717) is 47.1 Å². The lowest BCUT2D eigenvalue weighted by atomic mass is 10.1. The first-order chi connectivity index (χ1) is 16.6. The molecular weight excluding hydrogens is 430 g/mol. The molecule has 0 unspecified atom stereocenters. The van der Waals surface area contributed by atoms with Gasteiger partial charge in [-0.3, -0.25) is 9.78 Å². The lowest BCUT2D eigenvalue weighted by molar-refractivity contribution is -0.127. The second-order valence-corrected chi connectivity index (χ2v) is 8.10. The molecule has 1 aliphatic heterocycles. The number of piperidine rings is 1. The normalized spacial score (nSPS) is 14.7. The van der Waals surface area contributed by atoms with Crippen molar-refractivity contribution in [3.05, 3.63) is 67.1 Å². The van der Waals surface area contributed by atoms with Crippen molar-refractivity contribution in [2.45, 2.75) is 25.8 Å². The zero-order valence-corrected chi connectivity index (χ0v) is 18.8. The first kappa shape index (κ1) is 21.6. The summed E-state index contributed by atoms with van der Waals surface area (Å²) in [6, 6.07) is 13.4. The summed E-state index contributed by atoms with van der Waals surface area (Å²) in [5.41, 5.74) is 8.21. The fraction of sp³-hybridized carbons (Fsp3) is 0.240. The molecule has 1 aliphatic rings. The smallest absolute Gasteiger partial charge is 0.246 e. The lowest BCUT2D eigenvalue weighted by Gasteiger charge is -2.31. The van der Waals surface area contributed by atoms with Gasteiger partial charge in [0.2, 0.25) is 5.91 Å². The highest BCUT2D eigenvalue weighted by Gasteiger charge is 2.27. The van der Waals surface area contributed by atoms with E-state index in [1.165, 1.54) is 6.33 Å². The topological polar surface area (TPSA) is 112 Å². The Kier molecular flexibility index (Phi) is 5.90. The summed E-state index contributed by atoms with van der Waals surface area (Å²) >= 11 is 0. The van der Waals surface area contributed by atoms with E-state index in [9.17, 15) is 4.79 Å². The molecule has 1 fully saturated rings. The molecule has 0 bridgehead atoms. The number of anilines is 1. The fourth-order valence-electron chi connectivity index (χ4n) is 4.21. The zero-order chi connectivity index (χ0) is 23.5. The molecule has 172 valence electrons. The number of pyridine rings is 1. The minimum Gasteiger partial charge on any atom is -0.456 e. The third-order valence-electron chi connectivity index (χ3n) is 5.91. The average Bonchev–Trinajstić information content (AvgIpc) is 3.26. The predicted molar refractivity (Wildman–Crippen MR) is 129 cm³/mol. The number of carbonyl (C=O) groups is 1. The predicted octanol–water partition coefficient (Wildman–Crippen LogP) is 4.00. The molecular formula is C25H25N7O2. The second kappa shape index (κ2) is 9.30. The van der Waals surface area contributed by atoms with Gasteiger partial charge in [0.1, 0.15) is 29.3 Å². The van der Waals surface area contributed by atoms with Crippen molar-refractivity contribution in [2.24, 2.45) is 0 Å². The molecule has 1 amide bonds. The van der Waals surface area contributed by atoms with Gasteiger partial charge in [0, 0.05) is 13.1 Å². The van der Waals surface area contributed by atoms with Crippen LogP contribution in [-0.2, 0) is 4.79 Å². The van der Waals surface area contributed by atoms with Gasteiger partial charge in [-0.2, -0.15) is 5.10 Å².